The van der Waals surface area contributed by atoms with Gasteiger partial charge in [-0.2, -0.15) is 0 Å². The molecule has 1 atom stereocenters. The van der Waals surface area contributed by atoms with Crippen LogP contribution in [0, 0.1) is 26.6 Å². The highest BCUT2D eigenvalue weighted by Crippen LogP contribution is 2.26. The number of aromatic nitrogens is 1. The van der Waals surface area contributed by atoms with E-state index in [1.165, 1.54) is 6.07 Å². The number of hydrogen-bond acceptors (Lipinski definition) is 3. The molecule has 3 aromatic rings. The van der Waals surface area contributed by atoms with Crippen LogP contribution in [0.15, 0.2) is 53.3 Å². The first-order valence-corrected chi connectivity index (χ1v) is 9.75. The molecule has 0 fully saturated rings. The van der Waals surface area contributed by atoms with Crippen molar-refractivity contribution in [1.29, 1.82) is 0 Å². The fraction of sp³-hybridized carbons (Fsp3) is 0.250. The quantitative estimate of drug-likeness (QED) is 0.630. The summed E-state index contributed by atoms with van der Waals surface area (Å²) in [7, 11) is 0. The molecule has 6 heteroatoms. The Morgan fingerprint density at radius 1 is 1.10 bits per heavy atom. The lowest BCUT2D eigenvalue weighted by Crippen LogP contribution is -2.28. The maximum atomic E-state index is 14.8. The predicted molar refractivity (Wildman–Crippen MR) is 114 cm³/mol. The molecule has 0 aliphatic carbocycles. The lowest BCUT2D eigenvalue weighted by Gasteiger charge is -2.18. The van der Waals surface area contributed by atoms with Gasteiger partial charge < -0.3 is 15.0 Å². The van der Waals surface area contributed by atoms with E-state index in [1.54, 1.807) is 39.0 Å². The first-order chi connectivity index (χ1) is 14.3. The monoisotopic (exact) mass is 408 g/mol. The molecule has 0 aliphatic rings. The van der Waals surface area contributed by atoms with Crippen molar-refractivity contribution in [2.24, 2.45) is 0 Å². The molecule has 0 radical (unpaired) electrons. The molecule has 0 aliphatic heterocycles. The molecule has 30 heavy (non-hydrogen) atoms. The molecule has 156 valence electrons. The van der Waals surface area contributed by atoms with Gasteiger partial charge in [-0.05, 0) is 69.2 Å². The number of H-pyrrole nitrogens is 1. The summed E-state index contributed by atoms with van der Waals surface area (Å²) in [4.78, 5) is 27.5. The Hall–Kier alpha value is -3.41. The third kappa shape index (κ3) is 4.76. The van der Waals surface area contributed by atoms with E-state index in [0.29, 0.717) is 22.4 Å². The summed E-state index contributed by atoms with van der Waals surface area (Å²) in [5.74, 6) is -0.310. The van der Waals surface area contributed by atoms with Crippen LogP contribution in [-0.4, -0.2) is 10.9 Å². The van der Waals surface area contributed by atoms with Crippen LogP contribution in [0.2, 0.25) is 0 Å². The summed E-state index contributed by atoms with van der Waals surface area (Å²) in [5.41, 5.74) is 3.02. The second-order valence-electron chi connectivity index (χ2n) is 7.39. The van der Waals surface area contributed by atoms with Crippen molar-refractivity contribution in [2.75, 3.05) is 0 Å². The molecule has 2 aromatic carbocycles. The van der Waals surface area contributed by atoms with Gasteiger partial charge in [-0.3, -0.25) is 9.59 Å². The second-order valence-corrected chi connectivity index (χ2v) is 7.39. The summed E-state index contributed by atoms with van der Waals surface area (Å²) in [6, 6.07) is 13.9. The number of para-hydroxylation sites is 1. The van der Waals surface area contributed by atoms with Gasteiger partial charge in [0, 0.05) is 28.9 Å². The minimum Gasteiger partial charge on any atom is -0.486 e. The molecule has 0 spiro atoms. The number of hydrogen-bond donors (Lipinski definition) is 2. The lowest BCUT2D eigenvalue weighted by molar-refractivity contribution is 0.0949. The first-order valence-electron chi connectivity index (χ1n) is 9.75. The number of carbonyl (C=O) groups excluding carboxylic acids is 1. The zero-order valence-corrected chi connectivity index (χ0v) is 17.5. The van der Waals surface area contributed by atoms with Crippen molar-refractivity contribution in [2.45, 2.75) is 40.3 Å². The van der Waals surface area contributed by atoms with E-state index in [9.17, 15) is 14.0 Å². The van der Waals surface area contributed by atoms with Crippen LogP contribution >= 0.6 is 0 Å². The standard InChI is InChI=1S/C24H25FN2O3/c1-14-10-16(3)27-24(29)21(14)13-26-23(28)19-12-22(25)20(11-15(19)2)17(4)30-18-8-6-5-7-9-18/h5-12,17H,13H2,1-4H3,(H,26,28)(H,27,29)/t17-/m0/s1. The summed E-state index contributed by atoms with van der Waals surface area (Å²) in [6.45, 7) is 7.19. The Balaban J connectivity index is 1.76. The van der Waals surface area contributed by atoms with E-state index in [2.05, 4.69) is 10.3 Å². The van der Waals surface area contributed by atoms with Gasteiger partial charge in [0.05, 0.1) is 0 Å². The molecule has 1 amide bonds. The third-order valence-corrected chi connectivity index (χ3v) is 5.00. The van der Waals surface area contributed by atoms with E-state index in [4.69, 9.17) is 4.74 Å². The van der Waals surface area contributed by atoms with Crippen LogP contribution in [0.1, 0.15) is 51.3 Å². The van der Waals surface area contributed by atoms with E-state index < -0.39 is 17.8 Å². The van der Waals surface area contributed by atoms with Crippen LogP contribution in [0.5, 0.6) is 5.75 Å². The average Bonchev–Trinajstić information content (AvgIpc) is 2.69. The van der Waals surface area contributed by atoms with Crippen LogP contribution in [-0.2, 0) is 6.54 Å². The summed E-state index contributed by atoms with van der Waals surface area (Å²) < 4.78 is 20.6. The SMILES string of the molecule is Cc1cc(C)c(CNC(=O)c2cc(F)c([C@H](C)Oc3ccccc3)cc2C)c(=O)[nH]1. The van der Waals surface area contributed by atoms with Gasteiger partial charge in [0.1, 0.15) is 17.7 Å². The second kappa shape index (κ2) is 8.95. The molecule has 0 saturated heterocycles. The molecule has 5 nitrogen and oxygen atoms in total. The fourth-order valence-corrected chi connectivity index (χ4v) is 3.39. The molecule has 1 aromatic heterocycles. The molecular formula is C24H25FN2O3. The number of nitrogens with one attached hydrogen (secondary N) is 2. The largest absolute Gasteiger partial charge is 0.486 e. The minimum atomic E-state index is -0.517. The van der Waals surface area contributed by atoms with Crippen molar-refractivity contribution in [3.63, 3.8) is 0 Å². The molecule has 0 bridgehead atoms. The zero-order chi connectivity index (χ0) is 21.8. The summed E-state index contributed by atoms with van der Waals surface area (Å²) >= 11 is 0. The van der Waals surface area contributed by atoms with Gasteiger partial charge in [-0.1, -0.05) is 18.2 Å². The number of aromatic amines is 1. The Bertz CT molecular complexity index is 1120. The average molecular weight is 408 g/mol. The lowest BCUT2D eigenvalue weighted by atomic mass is 10.0. The number of carbonyl (C=O) groups is 1. The van der Waals surface area contributed by atoms with Crippen LogP contribution in [0.3, 0.4) is 0 Å². The summed E-state index contributed by atoms with van der Waals surface area (Å²) in [5, 5.41) is 2.72. The first kappa shape index (κ1) is 21.3. The Morgan fingerprint density at radius 3 is 2.47 bits per heavy atom. The Morgan fingerprint density at radius 2 is 1.80 bits per heavy atom. The number of pyridine rings is 1. The maximum absolute atomic E-state index is 14.8. The van der Waals surface area contributed by atoms with E-state index >= 15 is 0 Å². The highest BCUT2D eigenvalue weighted by molar-refractivity contribution is 5.95. The van der Waals surface area contributed by atoms with E-state index in [1.807, 2.05) is 31.2 Å². The molecule has 0 unspecified atom stereocenters. The molecule has 2 N–H and O–H groups in total. The fourth-order valence-electron chi connectivity index (χ4n) is 3.39. The molecular weight excluding hydrogens is 383 g/mol. The topological polar surface area (TPSA) is 71.2 Å². The van der Waals surface area contributed by atoms with E-state index in [0.717, 1.165) is 11.3 Å². The number of rotatable bonds is 6. The third-order valence-electron chi connectivity index (χ3n) is 5.00. The molecule has 1 heterocycles. The number of aryl methyl sites for hydroxylation is 3. The van der Waals surface area contributed by atoms with E-state index in [-0.39, 0.29) is 17.7 Å². The van der Waals surface area contributed by atoms with Gasteiger partial charge in [-0.15, -0.1) is 0 Å². The maximum Gasteiger partial charge on any atom is 0.253 e. The zero-order valence-electron chi connectivity index (χ0n) is 17.5. The van der Waals surface area contributed by atoms with Crippen molar-refractivity contribution >= 4 is 5.91 Å². The number of halogens is 1. The van der Waals surface area contributed by atoms with Crippen molar-refractivity contribution in [3.8, 4) is 5.75 Å². The van der Waals surface area contributed by atoms with Gasteiger partial charge in [0.15, 0.2) is 0 Å². The van der Waals surface area contributed by atoms with Gasteiger partial charge in [0.25, 0.3) is 11.5 Å². The molecule has 0 saturated carbocycles. The van der Waals surface area contributed by atoms with Gasteiger partial charge in [0.2, 0.25) is 0 Å². The normalized spacial score (nSPS) is 11.8. The van der Waals surface area contributed by atoms with Crippen LogP contribution < -0.4 is 15.6 Å². The predicted octanol–water partition coefficient (Wildman–Crippen LogP) is 4.51. The highest BCUT2D eigenvalue weighted by Gasteiger charge is 2.19. The number of benzene rings is 2. The minimum absolute atomic E-state index is 0.0661. The Kier molecular flexibility index (Phi) is 6.35. The smallest absolute Gasteiger partial charge is 0.253 e. The van der Waals surface area contributed by atoms with Gasteiger partial charge >= 0.3 is 0 Å². The van der Waals surface area contributed by atoms with Gasteiger partial charge in [-0.25, -0.2) is 4.39 Å². The van der Waals surface area contributed by atoms with Crippen molar-refractivity contribution < 1.29 is 13.9 Å². The summed E-state index contributed by atoms with van der Waals surface area (Å²) in [6.07, 6.45) is -0.517. The van der Waals surface area contributed by atoms with Crippen LogP contribution in [0.25, 0.3) is 0 Å². The number of amides is 1. The van der Waals surface area contributed by atoms with Crippen LogP contribution in [0.4, 0.5) is 4.39 Å². The van der Waals surface area contributed by atoms with Crippen molar-refractivity contribution in [1.82, 2.24) is 10.3 Å². The highest BCUT2D eigenvalue weighted by atomic mass is 19.1. The number of ether oxygens (including phenoxy) is 1. The van der Waals surface area contributed by atoms with Crippen molar-refractivity contribution in [3.05, 3.63) is 98.2 Å². The Labute approximate surface area is 174 Å². The molecule has 3 rings (SSSR count).